The van der Waals surface area contributed by atoms with Crippen molar-refractivity contribution in [3.05, 3.63) is 47.3 Å². The largest absolute Gasteiger partial charge is 0.378 e. The number of likely N-dealkylation sites (tertiary alicyclic amines) is 1. The smallest absolute Gasteiger partial charge is 0.344 e. The summed E-state index contributed by atoms with van der Waals surface area (Å²) in [6.45, 7) is 11.5. The molecule has 2 aromatic rings. The van der Waals surface area contributed by atoms with E-state index in [1.165, 1.54) is 28.4 Å². The number of rotatable bonds is 5. The number of ether oxygens (including phenoxy) is 1. The maximum absolute atomic E-state index is 12.8. The molecular weight excluding hydrogens is 418 g/mol. The molecule has 0 aliphatic carbocycles. The minimum atomic E-state index is -0.166. The van der Waals surface area contributed by atoms with Crippen LogP contribution in [0.3, 0.4) is 0 Å². The summed E-state index contributed by atoms with van der Waals surface area (Å²) in [7, 11) is 2.19. The number of aromatic nitrogens is 2. The first-order valence-corrected chi connectivity index (χ1v) is 11.8. The van der Waals surface area contributed by atoms with Crippen LogP contribution in [0.15, 0.2) is 30.5 Å². The standard InChI is InChI=1S/C25H35N5O3/c1-19-5-6-21(23(17-19)28-13-15-33-16-14-28)18-27(4)25(3)8-11-29(12-9-25)24(32)30-10-7-22(26-30)20(2)31/h5-7,10,17H,8-9,11-16,18H2,1-4H3. The van der Waals surface area contributed by atoms with Crippen molar-refractivity contribution < 1.29 is 14.3 Å². The second-order valence-electron chi connectivity index (χ2n) is 9.56. The van der Waals surface area contributed by atoms with Crippen LogP contribution in [0.25, 0.3) is 0 Å². The van der Waals surface area contributed by atoms with Crippen LogP contribution in [0.5, 0.6) is 0 Å². The van der Waals surface area contributed by atoms with Gasteiger partial charge in [0.05, 0.1) is 13.2 Å². The monoisotopic (exact) mass is 453 g/mol. The number of amides is 1. The Bertz CT molecular complexity index is 1000. The molecule has 4 rings (SSSR count). The van der Waals surface area contributed by atoms with Gasteiger partial charge in [-0.1, -0.05) is 12.1 Å². The maximum Gasteiger partial charge on any atom is 0.344 e. The predicted molar refractivity (Wildman–Crippen MR) is 128 cm³/mol. The summed E-state index contributed by atoms with van der Waals surface area (Å²) in [4.78, 5) is 31.0. The van der Waals surface area contributed by atoms with Crippen LogP contribution in [0.4, 0.5) is 10.5 Å². The fourth-order valence-corrected chi connectivity index (χ4v) is 4.68. The Morgan fingerprint density at radius 3 is 2.45 bits per heavy atom. The van der Waals surface area contributed by atoms with Gasteiger partial charge in [0, 0.05) is 57.1 Å². The average Bonchev–Trinajstić information content (AvgIpc) is 3.31. The van der Waals surface area contributed by atoms with Crippen LogP contribution < -0.4 is 4.90 Å². The Labute approximate surface area is 196 Å². The van der Waals surface area contributed by atoms with Gasteiger partial charge in [-0.15, -0.1) is 0 Å². The minimum Gasteiger partial charge on any atom is -0.378 e. The number of anilines is 1. The molecule has 2 fully saturated rings. The molecule has 1 aromatic heterocycles. The van der Waals surface area contributed by atoms with Gasteiger partial charge in [-0.3, -0.25) is 9.69 Å². The molecule has 0 atom stereocenters. The number of morpholine rings is 1. The van der Waals surface area contributed by atoms with E-state index in [0.717, 1.165) is 45.7 Å². The average molecular weight is 454 g/mol. The first-order valence-electron chi connectivity index (χ1n) is 11.8. The van der Waals surface area contributed by atoms with Crippen LogP contribution in [0.2, 0.25) is 0 Å². The molecule has 0 bridgehead atoms. The number of hydrogen-bond donors (Lipinski definition) is 0. The van der Waals surface area contributed by atoms with E-state index < -0.39 is 0 Å². The van der Waals surface area contributed by atoms with Crippen LogP contribution in [-0.2, 0) is 11.3 Å². The Morgan fingerprint density at radius 2 is 1.82 bits per heavy atom. The molecule has 8 nitrogen and oxygen atoms in total. The predicted octanol–water partition coefficient (Wildman–Crippen LogP) is 3.19. The summed E-state index contributed by atoms with van der Waals surface area (Å²) in [5.41, 5.74) is 4.23. The van der Waals surface area contributed by atoms with Gasteiger partial charge in [0.25, 0.3) is 0 Å². The van der Waals surface area contributed by atoms with E-state index in [4.69, 9.17) is 4.74 Å². The molecule has 0 radical (unpaired) electrons. The van der Waals surface area contributed by atoms with Crippen LogP contribution in [0, 0.1) is 6.92 Å². The third-order valence-corrected chi connectivity index (χ3v) is 7.18. The maximum atomic E-state index is 12.8. The van der Waals surface area contributed by atoms with E-state index in [9.17, 15) is 9.59 Å². The van der Waals surface area contributed by atoms with Gasteiger partial charge < -0.3 is 14.5 Å². The number of nitrogens with zero attached hydrogens (tertiary/aromatic N) is 5. The highest BCUT2D eigenvalue weighted by Gasteiger charge is 2.36. The molecule has 2 aliphatic heterocycles. The number of Topliss-reactive ketones (excluding diaryl/α,β-unsaturated/α-hetero) is 1. The van der Waals surface area contributed by atoms with Crippen molar-refractivity contribution in [2.75, 3.05) is 51.3 Å². The topological polar surface area (TPSA) is 70.9 Å². The quantitative estimate of drug-likeness (QED) is 0.648. The fraction of sp³-hybridized carbons (Fsp3) is 0.560. The third-order valence-electron chi connectivity index (χ3n) is 7.18. The van der Waals surface area contributed by atoms with Gasteiger partial charge in [-0.05, 0) is 57.0 Å². The van der Waals surface area contributed by atoms with Gasteiger partial charge in [0.1, 0.15) is 5.69 Å². The fourth-order valence-electron chi connectivity index (χ4n) is 4.68. The number of hydrogen-bond acceptors (Lipinski definition) is 6. The lowest BCUT2D eigenvalue weighted by Gasteiger charge is -2.45. The second-order valence-corrected chi connectivity index (χ2v) is 9.56. The van der Waals surface area contributed by atoms with E-state index in [1.807, 2.05) is 4.90 Å². The number of carbonyl (C=O) groups excluding carboxylic acids is 2. The lowest BCUT2D eigenvalue weighted by Crippen LogP contribution is -2.53. The molecule has 1 aromatic carbocycles. The Kier molecular flexibility index (Phi) is 6.86. The number of ketones is 1. The zero-order chi connectivity index (χ0) is 23.6. The van der Waals surface area contributed by atoms with Crippen molar-refractivity contribution in [3.63, 3.8) is 0 Å². The molecule has 0 saturated carbocycles. The van der Waals surface area contributed by atoms with Gasteiger partial charge in [0.2, 0.25) is 0 Å². The normalized spacial score (nSPS) is 18.6. The summed E-state index contributed by atoms with van der Waals surface area (Å²) in [5, 5.41) is 4.13. The van der Waals surface area contributed by atoms with Gasteiger partial charge in [0.15, 0.2) is 5.78 Å². The van der Waals surface area contributed by atoms with Crippen molar-refractivity contribution in [1.29, 1.82) is 0 Å². The van der Waals surface area contributed by atoms with Crippen molar-refractivity contribution >= 4 is 17.5 Å². The molecule has 1 amide bonds. The van der Waals surface area contributed by atoms with E-state index in [1.54, 1.807) is 12.3 Å². The Hall–Kier alpha value is -2.71. The molecule has 0 unspecified atom stereocenters. The number of aryl methyl sites for hydroxylation is 1. The molecule has 178 valence electrons. The molecule has 8 heteroatoms. The van der Waals surface area contributed by atoms with E-state index in [-0.39, 0.29) is 17.4 Å². The Balaban J connectivity index is 1.41. The minimum absolute atomic E-state index is 0.00138. The number of benzene rings is 1. The highest BCUT2D eigenvalue weighted by molar-refractivity contribution is 5.92. The van der Waals surface area contributed by atoms with Gasteiger partial charge in [-0.2, -0.15) is 9.78 Å². The highest BCUT2D eigenvalue weighted by Crippen LogP contribution is 2.32. The SMILES string of the molecule is CC(=O)c1ccn(C(=O)N2CCC(C)(N(C)Cc3ccc(C)cc3N3CCOCC3)CC2)n1. The van der Waals surface area contributed by atoms with E-state index in [0.29, 0.717) is 18.8 Å². The highest BCUT2D eigenvalue weighted by atomic mass is 16.5. The van der Waals surface area contributed by atoms with Gasteiger partial charge >= 0.3 is 6.03 Å². The first-order chi connectivity index (χ1) is 15.8. The van der Waals surface area contributed by atoms with Crippen molar-refractivity contribution in [1.82, 2.24) is 19.6 Å². The van der Waals surface area contributed by atoms with E-state index in [2.05, 4.69) is 54.0 Å². The zero-order valence-corrected chi connectivity index (χ0v) is 20.2. The lowest BCUT2D eigenvalue weighted by molar-refractivity contribution is 0.0584. The molecule has 0 spiro atoms. The van der Waals surface area contributed by atoms with Crippen LogP contribution >= 0.6 is 0 Å². The van der Waals surface area contributed by atoms with E-state index >= 15 is 0 Å². The Morgan fingerprint density at radius 1 is 1.12 bits per heavy atom. The van der Waals surface area contributed by atoms with Crippen molar-refractivity contribution in [3.8, 4) is 0 Å². The van der Waals surface area contributed by atoms with Crippen LogP contribution in [-0.4, -0.2) is 83.4 Å². The molecular formula is C25H35N5O3. The summed E-state index contributed by atoms with van der Waals surface area (Å²) in [6.07, 6.45) is 3.34. The van der Waals surface area contributed by atoms with Crippen molar-refractivity contribution in [2.24, 2.45) is 0 Å². The van der Waals surface area contributed by atoms with Crippen LogP contribution in [0.1, 0.15) is 48.3 Å². The summed E-state index contributed by atoms with van der Waals surface area (Å²) < 4.78 is 6.83. The lowest BCUT2D eigenvalue weighted by atomic mass is 9.87. The molecule has 0 N–H and O–H groups in total. The zero-order valence-electron chi connectivity index (χ0n) is 20.2. The second kappa shape index (κ2) is 9.65. The summed E-state index contributed by atoms with van der Waals surface area (Å²) in [6, 6.07) is 8.16. The summed E-state index contributed by atoms with van der Waals surface area (Å²) in [5.74, 6) is -0.137. The van der Waals surface area contributed by atoms with Crippen molar-refractivity contribution in [2.45, 2.75) is 45.7 Å². The number of piperidine rings is 1. The first kappa shape index (κ1) is 23.4. The van der Waals surface area contributed by atoms with Gasteiger partial charge in [-0.25, -0.2) is 4.79 Å². The molecule has 2 aliphatic rings. The molecule has 33 heavy (non-hydrogen) atoms. The molecule has 3 heterocycles. The number of carbonyl (C=O) groups is 2. The summed E-state index contributed by atoms with van der Waals surface area (Å²) >= 11 is 0. The molecule has 2 saturated heterocycles. The third kappa shape index (κ3) is 5.12.